The number of hydrogen-bond acceptors (Lipinski definition) is 11. The van der Waals surface area contributed by atoms with E-state index in [1.54, 1.807) is 56.3 Å². The molecule has 1 aliphatic heterocycles. The average molecular weight is 800 g/mol. The Labute approximate surface area is 299 Å². The maximum absolute atomic E-state index is 14.3. The third-order valence-corrected chi connectivity index (χ3v) is 9.07. The summed E-state index contributed by atoms with van der Waals surface area (Å²) in [5.74, 6) is 1.24. The number of methoxy groups -OCH3 is 2. The van der Waals surface area contributed by atoms with Crippen LogP contribution in [-0.2, 0) is 16.1 Å². The third kappa shape index (κ3) is 7.64. The van der Waals surface area contributed by atoms with Crippen molar-refractivity contribution in [3.05, 3.63) is 116 Å². The van der Waals surface area contributed by atoms with E-state index in [0.717, 1.165) is 3.57 Å². The number of nitro benzene ring substituents is 1. The molecule has 0 saturated heterocycles. The number of fused-ring (bicyclic) bond motifs is 1. The number of carbonyl (C=O) groups is 1. The first-order valence-electron chi connectivity index (χ1n) is 15.2. The maximum Gasteiger partial charge on any atom is 0.338 e. The Hall–Kier alpha value is -4.70. The van der Waals surface area contributed by atoms with E-state index in [1.165, 1.54) is 42.3 Å². The van der Waals surface area contributed by atoms with Crippen molar-refractivity contribution in [3.8, 4) is 23.0 Å². The van der Waals surface area contributed by atoms with Crippen molar-refractivity contribution in [2.45, 2.75) is 46.4 Å². The smallest absolute Gasteiger partial charge is 0.338 e. The van der Waals surface area contributed by atoms with Crippen LogP contribution < -0.4 is 33.8 Å². The van der Waals surface area contributed by atoms with Gasteiger partial charge in [-0.25, -0.2) is 9.79 Å². The van der Waals surface area contributed by atoms with Crippen LogP contribution in [0.15, 0.2) is 75.7 Å². The number of hydrogen-bond donors (Lipinski definition) is 0. The standard InChI is InChI=1S/C35H34IN3O9S/c1-7-46-34(41)30-20(4)37-35-38(31(30)22-10-13-26(48-19(2)3)27(15-22)44-5)33(40)29(49-35)16-23-14-24(36)17-28(45-6)32(23)47-18-21-8-11-25(12-9-21)39(42)43/h8-17,19,31H,7,18H2,1-6H3/b29-16+/t31-/m1/s1. The largest absolute Gasteiger partial charge is 0.493 e. The molecule has 0 radical (unpaired) electrons. The van der Waals surface area contributed by atoms with Gasteiger partial charge in [0, 0.05) is 21.3 Å². The van der Waals surface area contributed by atoms with Crippen molar-refractivity contribution in [3.63, 3.8) is 0 Å². The molecule has 0 amide bonds. The molecule has 12 nitrogen and oxygen atoms in total. The van der Waals surface area contributed by atoms with E-state index >= 15 is 0 Å². The van der Waals surface area contributed by atoms with Crippen molar-refractivity contribution in [2.75, 3.05) is 20.8 Å². The summed E-state index contributed by atoms with van der Waals surface area (Å²) in [5.41, 5.74) is 2.17. The molecule has 0 fully saturated rings. The normalized spacial score (nSPS) is 14.3. The van der Waals surface area contributed by atoms with E-state index in [9.17, 15) is 19.7 Å². The first-order chi connectivity index (χ1) is 23.4. The van der Waals surface area contributed by atoms with Gasteiger partial charge in [0.05, 0.1) is 53.7 Å². The van der Waals surface area contributed by atoms with Gasteiger partial charge in [-0.05, 0) is 104 Å². The van der Waals surface area contributed by atoms with E-state index in [1.807, 2.05) is 19.9 Å². The van der Waals surface area contributed by atoms with Crippen LogP contribution in [0.25, 0.3) is 6.08 Å². The predicted molar refractivity (Wildman–Crippen MR) is 192 cm³/mol. The molecule has 0 N–H and O–H groups in total. The van der Waals surface area contributed by atoms with E-state index in [0.29, 0.717) is 54.7 Å². The van der Waals surface area contributed by atoms with Crippen molar-refractivity contribution in [1.29, 1.82) is 0 Å². The van der Waals surface area contributed by atoms with Crippen LogP contribution in [0.2, 0.25) is 0 Å². The molecule has 0 spiro atoms. The zero-order chi connectivity index (χ0) is 35.4. The minimum absolute atomic E-state index is 0.0235. The number of nitrogens with zero attached hydrogens (tertiary/aromatic N) is 3. The van der Waals surface area contributed by atoms with Gasteiger partial charge in [-0.2, -0.15) is 0 Å². The Bertz CT molecular complexity index is 2120. The Balaban J connectivity index is 1.65. The molecular weight excluding hydrogens is 765 g/mol. The fourth-order valence-electron chi connectivity index (χ4n) is 5.33. The number of benzene rings is 3. The Morgan fingerprint density at radius 3 is 2.43 bits per heavy atom. The highest BCUT2D eigenvalue weighted by atomic mass is 127. The van der Waals surface area contributed by atoms with Gasteiger partial charge in [0.25, 0.3) is 11.2 Å². The van der Waals surface area contributed by atoms with E-state index in [2.05, 4.69) is 27.6 Å². The topological polar surface area (TPSA) is 141 Å². The summed E-state index contributed by atoms with van der Waals surface area (Å²) in [7, 11) is 3.05. The minimum atomic E-state index is -0.859. The van der Waals surface area contributed by atoms with Crippen molar-refractivity contribution >= 4 is 51.7 Å². The van der Waals surface area contributed by atoms with E-state index < -0.39 is 16.9 Å². The molecule has 1 atom stereocenters. The van der Waals surface area contributed by atoms with Gasteiger partial charge in [0.15, 0.2) is 27.8 Å². The highest BCUT2D eigenvalue weighted by Gasteiger charge is 2.34. The van der Waals surface area contributed by atoms with Crippen LogP contribution in [-0.4, -0.2) is 42.4 Å². The number of rotatable bonds is 12. The lowest BCUT2D eigenvalue weighted by Crippen LogP contribution is -2.40. The third-order valence-electron chi connectivity index (χ3n) is 7.47. The molecular formula is C35H34IN3O9S. The number of ether oxygens (including phenoxy) is 5. The molecule has 0 bridgehead atoms. The number of nitro groups is 1. The SMILES string of the molecule is CCOC(=O)C1=C(C)N=c2s/c(=C/c3cc(I)cc(OC)c3OCc3ccc([N+](=O)[O-])cc3)c(=O)n2[C@@H]1c1ccc(OC(C)C)c(OC)c1. The lowest BCUT2D eigenvalue weighted by atomic mass is 9.95. The second kappa shape index (κ2) is 15.2. The Morgan fingerprint density at radius 2 is 1.80 bits per heavy atom. The van der Waals surface area contributed by atoms with Crippen LogP contribution in [0.3, 0.4) is 0 Å². The summed E-state index contributed by atoms with van der Waals surface area (Å²) in [6, 6.07) is 14.2. The summed E-state index contributed by atoms with van der Waals surface area (Å²) in [5, 5.41) is 11.1. The van der Waals surface area contributed by atoms with Gasteiger partial charge >= 0.3 is 5.97 Å². The van der Waals surface area contributed by atoms with Crippen molar-refractivity contribution < 1.29 is 33.4 Å². The van der Waals surface area contributed by atoms with Gasteiger partial charge < -0.3 is 23.7 Å². The van der Waals surface area contributed by atoms with Crippen LogP contribution in [0.5, 0.6) is 23.0 Å². The molecule has 14 heteroatoms. The van der Waals surface area contributed by atoms with Crippen LogP contribution in [0, 0.1) is 13.7 Å². The summed E-state index contributed by atoms with van der Waals surface area (Å²) in [6.07, 6.45) is 1.61. The molecule has 1 aliphatic rings. The second-order valence-corrected chi connectivity index (χ2v) is 13.4. The Morgan fingerprint density at radius 1 is 1.08 bits per heavy atom. The number of aromatic nitrogens is 1. The fourth-order valence-corrected chi connectivity index (χ4v) is 6.98. The molecule has 0 saturated carbocycles. The summed E-state index contributed by atoms with van der Waals surface area (Å²) >= 11 is 3.34. The summed E-state index contributed by atoms with van der Waals surface area (Å²) in [4.78, 5) is 43.4. The fraction of sp³-hybridized carbons (Fsp3) is 0.286. The molecule has 256 valence electrons. The monoisotopic (exact) mass is 799 g/mol. The zero-order valence-electron chi connectivity index (χ0n) is 27.6. The first-order valence-corrected chi connectivity index (χ1v) is 17.1. The second-order valence-electron chi connectivity index (χ2n) is 11.1. The summed E-state index contributed by atoms with van der Waals surface area (Å²) in [6.45, 7) is 7.50. The van der Waals surface area contributed by atoms with Gasteiger partial charge in [-0.3, -0.25) is 19.5 Å². The number of esters is 1. The molecule has 0 aliphatic carbocycles. The highest BCUT2D eigenvalue weighted by molar-refractivity contribution is 14.1. The van der Waals surface area contributed by atoms with Crippen LogP contribution >= 0.6 is 33.9 Å². The van der Waals surface area contributed by atoms with Gasteiger partial charge in [-0.15, -0.1) is 0 Å². The molecule has 2 heterocycles. The number of carbonyl (C=O) groups excluding carboxylic acids is 1. The lowest BCUT2D eigenvalue weighted by molar-refractivity contribution is -0.384. The average Bonchev–Trinajstić information content (AvgIpc) is 3.37. The maximum atomic E-state index is 14.3. The number of halogens is 1. The quantitative estimate of drug-likeness (QED) is 0.0765. The van der Waals surface area contributed by atoms with Crippen LogP contribution in [0.1, 0.15) is 50.4 Å². The van der Waals surface area contributed by atoms with Crippen LogP contribution in [0.4, 0.5) is 5.69 Å². The van der Waals surface area contributed by atoms with Gasteiger partial charge in [-0.1, -0.05) is 17.4 Å². The summed E-state index contributed by atoms with van der Waals surface area (Å²) < 4.78 is 31.5. The Kier molecular flexibility index (Phi) is 11.1. The zero-order valence-corrected chi connectivity index (χ0v) is 30.6. The predicted octanol–water partition coefficient (Wildman–Crippen LogP) is 5.69. The lowest BCUT2D eigenvalue weighted by Gasteiger charge is -2.25. The highest BCUT2D eigenvalue weighted by Crippen LogP contribution is 2.37. The number of non-ortho nitro benzene ring substituents is 1. The molecule has 49 heavy (non-hydrogen) atoms. The number of thiazole rings is 1. The van der Waals surface area contributed by atoms with Gasteiger partial charge in [0.2, 0.25) is 0 Å². The first kappa shape index (κ1) is 35.6. The molecule has 3 aromatic carbocycles. The van der Waals surface area contributed by atoms with E-state index in [-0.39, 0.29) is 36.1 Å². The molecule has 1 aromatic heterocycles. The van der Waals surface area contributed by atoms with Crippen molar-refractivity contribution in [2.24, 2.45) is 4.99 Å². The van der Waals surface area contributed by atoms with Crippen molar-refractivity contribution in [1.82, 2.24) is 4.57 Å². The molecule has 5 rings (SSSR count). The minimum Gasteiger partial charge on any atom is -0.493 e. The van der Waals surface area contributed by atoms with E-state index in [4.69, 9.17) is 23.7 Å². The van der Waals surface area contributed by atoms with Gasteiger partial charge in [0.1, 0.15) is 6.61 Å². The molecule has 4 aromatic rings. The number of allylic oxidation sites excluding steroid dienone is 1. The molecule has 0 unspecified atom stereocenters.